The second-order valence-electron chi connectivity index (χ2n) is 6.10. The lowest BCUT2D eigenvalue weighted by Crippen LogP contribution is -2.43. The van der Waals surface area contributed by atoms with Crippen molar-refractivity contribution in [1.29, 1.82) is 0 Å². The first-order chi connectivity index (χ1) is 11.3. The highest BCUT2D eigenvalue weighted by atomic mass is 16.5. The molecule has 1 saturated heterocycles. The highest BCUT2D eigenvalue weighted by molar-refractivity contribution is 5.36. The van der Waals surface area contributed by atoms with Crippen LogP contribution in [0.5, 0.6) is 5.75 Å². The second kappa shape index (κ2) is 7.57. The van der Waals surface area contributed by atoms with Crippen molar-refractivity contribution in [2.24, 2.45) is 0 Å². The Kier molecular flexibility index (Phi) is 5.26. The molecule has 1 aromatic heterocycles. The molecule has 2 heterocycles. The van der Waals surface area contributed by atoms with Gasteiger partial charge in [-0.15, -0.1) is 0 Å². The van der Waals surface area contributed by atoms with E-state index in [1.165, 1.54) is 5.56 Å². The van der Waals surface area contributed by atoms with E-state index in [9.17, 15) is 0 Å². The summed E-state index contributed by atoms with van der Waals surface area (Å²) in [7, 11) is 0. The van der Waals surface area contributed by atoms with E-state index < -0.39 is 0 Å². The molecule has 0 spiro atoms. The number of ether oxygens (including phenoxy) is 2. The van der Waals surface area contributed by atoms with Gasteiger partial charge in [-0.2, -0.15) is 0 Å². The Bertz CT molecular complexity index is 610. The van der Waals surface area contributed by atoms with Crippen LogP contribution in [0.15, 0.2) is 48.7 Å². The predicted octanol–water partition coefficient (Wildman–Crippen LogP) is 3.31. The molecule has 23 heavy (non-hydrogen) atoms. The van der Waals surface area contributed by atoms with Crippen LogP contribution in [0, 0.1) is 0 Å². The number of rotatable bonds is 5. The molecule has 3 rings (SSSR count). The highest BCUT2D eigenvalue weighted by Crippen LogP contribution is 2.32. The standard InChI is InChI=1S/C19H24N2O2/c1-14(2)15-7-3-4-9-17(15)23-19(16-8-5-6-10-21-16)18-13-20-11-12-22-18/h3-10,14,18-20H,11-13H2,1-2H3. The van der Waals surface area contributed by atoms with E-state index in [2.05, 4.69) is 36.3 Å². The third-order valence-corrected chi connectivity index (χ3v) is 4.07. The minimum atomic E-state index is -0.219. The first-order valence-electron chi connectivity index (χ1n) is 8.24. The van der Waals surface area contributed by atoms with E-state index in [0.29, 0.717) is 12.5 Å². The Hall–Kier alpha value is -1.91. The fraction of sp³-hybridized carbons (Fsp3) is 0.421. The van der Waals surface area contributed by atoms with E-state index in [4.69, 9.17) is 9.47 Å². The zero-order valence-electron chi connectivity index (χ0n) is 13.7. The predicted molar refractivity (Wildman–Crippen MR) is 90.7 cm³/mol. The quantitative estimate of drug-likeness (QED) is 0.920. The molecule has 0 bridgehead atoms. The molecule has 1 aromatic carbocycles. The topological polar surface area (TPSA) is 43.4 Å². The monoisotopic (exact) mass is 312 g/mol. The molecular weight excluding hydrogens is 288 g/mol. The van der Waals surface area contributed by atoms with Gasteiger partial charge in [-0.1, -0.05) is 38.1 Å². The maximum Gasteiger partial charge on any atom is 0.168 e. The first-order valence-corrected chi connectivity index (χ1v) is 8.24. The summed E-state index contributed by atoms with van der Waals surface area (Å²) in [6, 6.07) is 14.1. The van der Waals surface area contributed by atoms with Crippen LogP contribution < -0.4 is 10.1 Å². The van der Waals surface area contributed by atoms with E-state index in [1.807, 2.05) is 30.3 Å². The lowest BCUT2D eigenvalue weighted by atomic mass is 10.0. The molecule has 0 radical (unpaired) electrons. The van der Waals surface area contributed by atoms with Crippen molar-refractivity contribution in [3.63, 3.8) is 0 Å². The van der Waals surface area contributed by atoms with Crippen molar-refractivity contribution >= 4 is 0 Å². The maximum absolute atomic E-state index is 6.40. The lowest BCUT2D eigenvalue weighted by Gasteiger charge is -2.31. The van der Waals surface area contributed by atoms with Crippen LogP contribution in [-0.2, 0) is 4.74 Å². The molecule has 2 aromatic rings. The van der Waals surface area contributed by atoms with Gasteiger partial charge in [-0.25, -0.2) is 0 Å². The Morgan fingerprint density at radius 2 is 2.00 bits per heavy atom. The third kappa shape index (κ3) is 3.89. The zero-order chi connectivity index (χ0) is 16.1. The molecule has 1 aliphatic heterocycles. The Labute approximate surface area is 137 Å². The van der Waals surface area contributed by atoms with E-state index in [-0.39, 0.29) is 12.2 Å². The van der Waals surface area contributed by atoms with E-state index >= 15 is 0 Å². The van der Waals surface area contributed by atoms with Crippen LogP contribution in [0.2, 0.25) is 0 Å². The lowest BCUT2D eigenvalue weighted by molar-refractivity contribution is -0.0450. The van der Waals surface area contributed by atoms with Gasteiger partial charge >= 0.3 is 0 Å². The number of morpholine rings is 1. The van der Waals surface area contributed by atoms with Crippen LogP contribution in [0.25, 0.3) is 0 Å². The van der Waals surface area contributed by atoms with Crippen molar-refractivity contribution in [3.05, 3.63) is 59.9 Å². The summed E-state index contributed by atoms with van der Waals surface area (Å²) in [5, 5.41) is 3.38. The minimum absolute atomic E-state index is 0.0427. The molecule has 4 nitrogen and oxygen atoms in total. The van der Waals surface area contributed by atoms with Gasteiger partial charge in [0.15, 0.2) is 6.10 Å². The molecule has 0 amide bonds. The average Bonchev–Trinajstić information content (AvgIpc) is 2.61. The molecule has 2 atom stereocenters. The van der Waals surface area contributed by atoms with Gasteiger partial charge in [0.05, 0.1) is 12.3 Å². The molecule has 1 aliphatic rings. The molecule has 122 valence electrons. The highest BCUT2D eigenvalue weighted by Gasteiger charge is 2.29. The molecule has 4 heteroatoms. The maximum atomic E-state index is 6.40. The van der Waals surface area contributed by atoms with Gasteiger partial charge in [0.1, 0.15) is 11.9 Å². The van der Waals surface area contributed by atoms with Gasteiger partial charge in [0, 0.05) is 19.3 Å². The van der Waals surface area contributed by atoms with Crippen molar-refractivity contribution < 1.29 is 9.47 Å². The number of aromatic nitrogens is 1. The van der Waals surface area contributed by atoms with Crippen molar-refractivity contribution in [2.75, 3.05) is 19.7 Å². The molecule has 1 fully saturated rings. The fourth-order valence-electron chi connectivity index (χ4n) is 2.85. The largest absolute Gasteiger partial charge is 0.481 e. The van der Waals surface area contributed by atoms with Crippen molar-refractivity contribution in [3.8, 4) is 5.75 Å². The fourth-order valence-corrected chi connectivity index (χ4v) is 2.85. The average molecular weight is 312 g/mol. The summed E-state index contributed by atoms with van der Waals surface area (Å²) < 4.78 is 12.3. The molecule has 1 N–H and O–H groups in total. The normalized spacial score (nSPS) is 19.5. The zero-order valence-corrected chi connectivity index (χ0v) is 13.7. The Balaban J connectivity index is 1.90. The number of para-hydroxylation sites is 1. The number of benzene rings is 1. The number of nitrogens with one attached hydrogen (secondary N) is 1. The molecule has 0 aliphatic carbocycles. The van der Waals surface area contributed by atoms with Crippen LogP contribution in [0.3, 0.4) is 0 Å². The first kappa shape index (κ1) is 16.0. The summed E-state index contributed by atoms with van der Waals surface area (Å²) in [6.07, 6.45) is 1.54. The van der Waals surface area contributed by atoms with Gasteiger partial charge < -0.3 is 14.8 Å². The number of pyridine rings is 1. The van der Waals surface area contributed by atoms with Crippen molar-refractivity contribution in [1.82, 2.24) is 10.3 Å². The van der Waals surface area contributed by atoms with E-state index in [0.717, 1.165) is 24.5 Å². The van der Waals surface area contributed by atoms with Crippen LogP contribution in [0.4, 0.5) is 0 Å². The molecular formula is C19H24N2O2. The molecule has 2 unspecified atom stereocenters. The molecule has 0 saturated carbocycles. The summed E-state index contributed by atoms with van der Waals surface area (Å²) >= 11 is 0. The Morgan fingerprint density at radius 3 is 2.70 bits per heavy atom. The van der Waals surface area contributed by atoms with E-state index in [1.54, 1.807) is 6.20 Å². The smallest absolute Gasteiger partial charge is 0.168 e. The van der Waals surface area contributed by atoms with Gasteiger partial charge in [-0.05, 0) is 29.7 Å². The van der Waals surface area contributed by atoms with Gasteiger partial charge in [-0.3, -0.25) is 4.98 Å². The van der Waals surface area contributed by atoms with Crippen LogP contribution in [-0.4, -0.2) is 30.8 Å². The summed E-state index contributed by atoms with van der Waals surface area (Å²) in [4.78, 5) is 4.49. The van der Waals surface area contributed by atoms with Gasteiger partial charge in [0.25, 0.3) is 0 Å². The Morgan fingerprint density at radius 1 is 1.17 bits per heavy atom. The summed E-state index contributed by atoms with van der Waals surface area (Å²) in [6.45, 7) is 6.70. The SMILES string of the molecule is CC(C)c1ccccc1OC(c1ccccn1)C1CNCCO1. The van der Waals surface area contributed by atoms with Gasteiger partial charge in [0.2, 0.25) is 0 Å². The van der Waals surface area contributed by atoms with Crippen LogP contribution >= 0.6 is 0 Å². The summed E-state index contributed by atoms with van der Waals surface area (Å²) in [5.74, 6) is 1.31. The second-order valence-corrected chi connectivity index (χ2v) is 6.10. The third-order valence-electron chi connectivity index (χ3n) is 4.07. The number of nitrogens with zero attached hydrogens (tertiary/aromatic N) is 1. The number of hydrogen-bond acceptors (Lipinski definition) is 4. The van der Waals surface area contributed by atoms with Crippen LogP contribution in [0.1, 0.15) is 37.1 Å². The minimum Gasteiger partial charge on any atom is -0.481 e. The summed E-state index contributed by atoms with van der Waals surface area (Å²) in [5.41, 5.74) is 2.11. The van der Waals surface area contributed by atoms with Crippen molar-refractivity contribution in [2.45, 2.75) is 32.0 Å². The number of hydrogen-bond donors (Lipinski definition) is 1.